The third kappa shape index (κ3) is 2.89. The van der Waals surface area contributed by atoms with Crippen molar-refractivity contribution >= 4 is 11.1 Å². The minimum absolute atomic E-state index is 0.237. The summed E-state index contributed by atoms with van der Waals surface area (Å²) >= 11 is 0. The monoisotopic (exact) mass is 247 g/mol. The first-order chi connectivity index (χ1) is 8.58. The lowest BCUT2D eigenvalue weighted by Crippen LogP contribution is -2.23. The van der Waals surface area contributed by atoms with Crippen LogP contribution >= 0.6 is 0 Å². The normalized spacial score (nSPS) is 15.2. The second kappa shape index (κ2) is 5.50. The van der Waals surface area contributed by atoms with Crippen molar-refractivity contribution in [1.82, 2.24) is 9.88 Å². The first-order valence-corrected chi connectivity index (χ1v) is 6.33. The summed E-state index contributed by atoms with van der Waals surface area (Å²) in [6, 6.07) is 6.81. The molecule has 1 aromatic carbocycles. The molecule has 1 aromatic heterocycles. The van der Waals surface area contributed by atoms with E-state index in [1.165, 1.54) is 12.0 Å². The zero-order valence-corrected chi connectivity index (χ0v) is 11.3. The number of hydrogen-bond donors (Lipinski definition) is 1. The predicted molar refractivity (Wildman–Crippen MR) is 73.3 cm³/mol. The molecular weight excluding hydrogens is 226 g/mol. The van der Waals surface area contributed by atoms with Crippen molar-refractivity contribution < 1.29 is 4.42 Å². The molecular formula is C14H21N3O. The summed E-state index contributed by atoms with van der Waals surface area (Å²) in [5.41, 5.74) is 8.85. The van der Waals surface area contributed by atoms with Gasteiger partial charge in [-0.2, -0.15) is 0 Å². The molecule has 18 heavy (non-hydrogen) atoms. The van der Waals surface area contributed by atoms with Crippen LogP contribution in [0.4, 0.5) is 0 Å². The lowest BCUT2D eigenvalue weighted by molar-refractivity contribution is 0.275. The molecule has 0 radical (unpaired) electrons. The third-order valence-electron chi connectivity index (χ3n) is 3.26. The molecule has 0 aliphatic rings. The fourth-order valence-electron chi connectivity index (χ4n) is 2.22. The minimum atomic E-state index is 0.237. The van der Waals surface area contributed by atoms with E-state index < -0.39 is 0 Å². The SMILES string of the molecule is CC(N)CCC(c1ccc2ncoc2c1)N(C)C. The standard InChI is InChI=1S/C14H21N3O/c1-10(15)4-7-13(17(2)3)11-5-6-12-14(8-11)18-9-16-12/h5-6,8-10,13H,4,7,15H2,1-3H3. The Kier molecular flexibility index (Phi) is 3.99. The number of aromatic nitrogens is 1. The maximum Gasteiger partial charge on any atom is 0.181 e. The quantitative estimate of drug-likeness (QED) is 0.882. The molecule has 0 spiro atoms. The second-order valence-corrected chi connectivity index (χ2v) is 5.11. The van der Waals surface area contributed by atoms with Crippen LogP contribution < -0.4 is 5.73 Å². The van der Waals surface area contributed by atoms with Crippen molar-refractivity contribution in [2.75, 3.05) is 14.1 Å². The number of oxazole rings is 1. The van der Waals surface area contributed by atoms with Gasteiger partial charge in [0.25, 0.3) is 0 Å². The van der Waals surface area contributed by atoms with Crippen LogP contribution in [0.5, 0.6) is 0 Å². The molecule has 2 rings (SSSR count). The van der Waals surface area contributed by atoms with Crippen molar-refractivity contribution in [3.8, 4) is 0 Å². The van der Waals surface area contributed by atoms with Gasteiger partial charge in [0.15, 0.2) is 12.0 Å². The third-order valence-corrected chi connectivity index (χ3v) is 3.26. The predicted octanol–water partition coefficient (Wildman–Crippen LogP) is 2.56. The van der Waals surface area contributed by atoms with Gasteiger partial charge in [0.1, 0.15) is 5.52 Å². The van der Waals surface area contributed by atoms with E-state index in [1.54, 1.807) is 0 Å². The van der Waals surface area contributed by atoms with Crippen LogP contribution in [0.3, 0.4) is 0 Å². The Morgan fingerprint density at radius 2 is 2.11 bits per heavy atom. The molecule has 0 saturated heterocycles. The molecule has 4 nitrogen and oxygen atoms in total. The van der Waals surface area contributed by atoms with Gasteiger partial charge >= 0.3 is 0 Å². The molecule has 0 bridgehead atoms. The molecule has 4 heteroatoms. The van der Waals surface area contributed by atoms with Gasteiger partial charge in [-0.15, -0.1) is 0 Å². The molecule has 0 aliphatic heterocycles. The summed E-state index contributed by atoms with van der Waals surface area (Å²) in [6.07, 6.45) is 3.54. The number of rotatable bonds is 5. The lowest BCUT2D eigenvalue weighted by atomic mass is 9.99. The molecule has 2 N–H and O–H groups in total. The van der Waals surface area contributed by atoms with Crippen LogP contribution in [0.25, 0.3) is 11.1 Å². The van der Waals surface area contributed by atoms with E-state index in [0.717, 1.165) is 23.9 Å². The Morgan fingerprint density at radius 1 is 1.33 bits per heavy atom. The van der Waals surface area contributed by atoms with Crippen LogP contribution in [0.2, 0.25) is 0 Å². The number of fused-ring (bicyclic) bond motifs is 1. The molecule has 0 amide bonds. The summed E-state index contributed by atoms with van der Waals surface area (Å²) in [4.78, 5) is 6.36. The highest BCUT2D eigenvalue weighted by atomic mass is 16.3. The van der Waals surface area contributed by atoms with Crippen LogP contribution in [-0.2, 0) is 0 Å². The van der Waals surface area contributed by atoms with Crippen molar-refractivity contribution in [2.24, 2.45) is 5.73 Å². The van der Waals surface area contributed by atoms with Crippen molar-refractivity contribution in [3.63, 3.8) is 0 Å². The lowest BCUT2D eigenvalue weighted by Gasteiger charge is -2.25. The molecule has 0 saturated carbocycles. The average Bonchev–Trinajstić information content (AvgIpc) is 2.75. The molecule has 2 unspecified atom stereocenters. The molecule has 0 fully saturated rings. The van der Waals surface area contributed by atoms with Crippen molar-refractivity contribution in [1.29, 1.82) is 0 Å². The fourth-order valence-corrected chi connectivity index (χ4v) is 2.22. The summed E-state index contributed by atoms with van der Waals surface area (Å²) in [6.45, 7) is 2.05. The Bertz CT molecular complexity index is 504. The molecule has 0 aliphatic carbocycles. The van der Waals surface area contributed by atoms with E-state index in [-0.39, 0.29) is 6.04 Å². The Labute approximate surface area is 108 Å². The van der Waals surface area contributed by atoms with Gasteiger partial charge in [-0.1, -0.05) is 6.07 Å². The van der Waals surface area contributed by atoms with Crippen LogP contribution in [0.1, 0.15) is 31.4 Å². The van der Waals surface area contributed by atoms with Gasteiger partial charge in [-0.3, -0.25) is 0 Å². The van der Waals surface area contributed by atoms with Gasteiger partial charge in [-0.25, -0.2) is 4.98 Å². The minimum Gasteiger partial charge on any atom is -0.443 e. The fraction of sp³-hybridized carbons (Fsp3) is 0.500. The molecule has 98 valence electrons. The Hall–Kier alpha value is -1.39. The summed E-state index contributed by atoms with van der Waals surface area (Å²) in [5.74, 6) is 0. The topological polar surface area (TPSA) is 55.3 Å². The summed E-state index contributed by atoms with van der Waals surface area (Å²) in [5, 5.41) is 0. The number of nitrogens with zero attached hydrogens (tertiary/aromatic N) is 2. The van der Waals surface area contributed by atoms with E-state index in [0.29, 0.717) is 6.04 Å². The Morgan fingerprint density at radius 3 is 2.78 bits per heavy atom. The highest BCUT2D eigenvalue weighted by Crippen LogP contribution is 2.26. The van der Waals surface area contributed by atoms with E-state index in [2.05, 4.69) is 36.1 Å². The van der Waals surface area contributed by atoms with Crippen molar-refractivity contribution in [2.45, 2.75) is 31.8 Å². The zero-order chi connectivity index (χ0) is 13.1. The van der Waals surface area contributed by atoms with Crippen LogP contribution in [-0.4, -0.2) is 30.0 Å². The second-order valence-electron chi connectivity index (χ2n) is 5.11. The van der Waals surface area contributed by atoms with E-state index in [4.69, 9.17) is 10.2 Å². The first-order valence-electron chi connectivity index (χ1n) is 6.33. The zero-order valence-electron chi connectivity index (χ0n) is 11.3. The number of hydrogen-bond acceptors (Lipinski definition) is 4. The number of benzene rings is 1. The summed E-state index contributed by atoms with van der Waals surface area (Å²) < 4.78 is 5.36. The van der Waals surface area contributed by atoms with Crippen LogP contribution in [0.15, 0.2) is 29.0 Å². The van der Waals surface area contributed by atoms with E-state index in [1.807, 2.05) is 13.0 Å². The number of nitrogens with two attached hydrogens (primary N) is 1. The molecule has 2 aromatic rings. The molecule has 1 heterocycles. The van der Waals surface area contributed by atoms with Crippen LogP contribution in [0, 0.1) is 0 Å². The van der Waals surface area contributed by atoms with Gasteiger partial charge in [0.05, 0.1) is 0 Å². The van der Waals surface area contributed by atoms with E-state index >= 15 is 0 Å². The van der Waals surface area contributed by atoms with Crippen molar-refractivity contribution in [3.05, 3.63) is 30.2 Å². The average molecular weight is 247 g/mol. The largest absolute Gasteiger partial charge is 0.443 e. The van der Waals surface area contributed by atoms with Gasteiger partial charge in [0, 0.05) is 12.1 Å². The summed E-state index contributed by atoms with van der Waals surface area (Å²) in [7, 11) is 4.19. The maximum absolute atomic E-state index is 5.85. The first kappa shape index (κ1) is 13.1. The Balaban J connectivity index is 2.23. The highest BCUT2D eigenvalue weighted by Gasteiger charge is 2.15. The maximum atomic E-state index is 5.85. The van der Waals surface area contributed by atoms with Gasteiger partial charge < -0.3 is 15.1 Å². The molecule has 2 atom stereocenters. The highest BCUT2D eigenvalue weighted by molar-refractivity contribution is 5.72. The van der Waals surface area contributed by atoms with E-state index in [9.17, 15) is 0 Å². The van der Waals surface area contributed by atoms with Gasteiger partial charge in [0.2, 0.25) is 0 Å². The smallest absolute Gasteiger partial charge is 0.181 e. The van der Waals surface area contributed by atoms with Gasteiger partial charge in [-0.05, 0) is 51.6 Å².